The zero-order valence-electron chi connectivity index (χ0n) is 8.83. The van der Waals surface area contributed by atoms with E-state index in [9.17, 15) is 0 Å². The van der Waals surface area contributed by atoms with Gasteiger partial charge in [-0.2, -0.15) is 0 Å². The highest BCUT2D eigenvalue weighted by Gasteiger charge is 2.11. The number of amidine groups is 1. The van der Waals surface area contributed by atoms with Crippen LogP contribution in [0.1, 0.15) is 24.8 Å². The topological polar surface area (TPSA) is 24.4 Å². The van der Waals surface area contributed by atoms with E-state index in [1.165, 1.54) is 5.56 Å². The van der Waals surface area contributed by atoms with Crippen LogP contribution in [0.25, 0.3) is 0 Å². The Kier molecular flexibility index (Phi) is 3.27. The Morgan fingerprint density at radius 3 is 2.73 bits per heavy atom. The molecule has 2 nitrogen and oxygen atoms in total. The Morgan fingerprint density at radius 2 is 2.13 bits per heavy atom. The molecule has 0 amide bonds. The van der Waals surface area contributed by atoms with Crippen LogP contribution >= 0.6 is 11.6 Å². The SMILES string of the molecule is CC(CC1=NCCN1)c1ccc(Cl)cc1. The van der Waals surface area contributed by atoms with Gasteiger partial charge in [-0.1, -0.05) is 30.7 Å². The molecule has 0 radical (unpaired) electrons. The van der Waals surface area contributed by atoms with Crippen molar-refractivity contribution in [1.29, 1.82) is 0 Å². The predicted molar refractivity (Wildman–Crippen MR) is 64.8 cm³/mol. The fourth-order valence-electron chi connectivity index (χ4n) is 1.78. The van der Waals surface area contributed by atoms with E-state index in [4.69, 9.17) is 11.6 Å². The number of nitrogens with zero attached hydrogens (tertiary/aromatic N) is 1. The zero-order chi connectivity index (χ0) is 10.7. The van der Waals surface area contributed by atoms with Gasteiger partial charge in [-0.05, 0) is 23.6 Å². The van der Waals surface area contributed by atoms with Gasteiger partial charge < -0.3 is 5.32 Å². The Balaban J connectivity index is 2.00. The van der Waals surface area contributed by atoms with Crippen molar-refractivity contribution < 1.29 is 0 Å². The summed E-state index contributed by atoms with van der Waals surface area (Å²) in [5, 5.41) is 4.09. The Labute approximate surface area is 95.4 Å². The van der Waals surface area contributed by atoms with Crippen LogP contribution in [0.2, 0.25) is 5.02 Å². The van der Waals surface area contributed by atoms with Crippen molar-refractivity contribution in [3.8, 4) is 0 Å². The van der Waals surface area contributed by atoms with Gasteiger partial charge in [0, 0.05) is 18.0 Å². The Bertz CT molecular complexity index is 356. The maximum absolute atomic E-state index is 5.85. The summed E-state index contributed by atoms with van der Waals surface area (Å²) in [4.78, 5) is 4.40. The third kappa shape index (κ3) is 2.72. The minimum Gasteiger partial charge on any atom is -0.372 e. The number of halogens is 1. The molecule has 3 heteroatoms. The van der Waals surface area contributed by atoms with Gasteiger partial charge in [0.15, 0.2) is 0 Å². The lowest BCUT2D eigenvalue weighted by Crippen LogP contribution is -2.20. The lowest BCUT2D eigenvalue weighted by molar-refractivity contribution is 0.789. The minimum atomic E-state index is 0.492. The smallest absolute Gasteiger partial charge is 0.0970 e. The van der Waals surface area contributed by atoms with Crippen molar-refractivity contribution in [2.75, 3.05) is 13.1 Å². The molecule has 80 valence electrons. The van der Waals surface area contributed by atoms with E-state index in [1.54, 1.807) is 0 Å². The average molecular weight is 223 g/mol. The van der Waals surface area contributed by atoms with Crippen molar-refractivity contribution >= 4 is 17.4 Å². The molecule has 0 aromatic heterocycles. The molecule has 0 fully saturated rings. The maximum atomic E-state index is 5.85. The first kappa shape index (κ1) is 10.5. The van der Waals surface area contributed by atoms with E-state index < -0.39 is 0 Å². The Hall–Kier alpha value is -1.02. The van der Waals surface area contributed by atoms with Gasteiger partial charge in [0.05, 0.1) is 12.4 Å². The van der Waals surface area contributed by atoms with Gasteiger partial charge in [0.25, 0.3) is 0 Å². The molecule has 0 spiro atoms. The second kappa shape index (κ2) is 4.67. The van der Waals surface area contributed by atoms with Crippen LogP contribution in [-0.2, 0) is 0 Å². The summed E-state index contributed by atoms with van der Waals surface area (Å²) in [6.45, 7) is 4.12. The van der Waals surface area contributed by atoms with Crippen LogP contribution in [0.5, 0.6) is 0 Å². The highest BCUT2D eigenvalue weighted by atomic mass is 35.5. The van der Waals surface area contributed by atoms with Gasteiger partial charge in [0.2, 0.25) is 0 Å². The molecule has 1 aliphatic rings. The van der Waals surface area contributed by atoms with Gasteiger partial charge >= 0.3 is 0 Å². The zero-order valence-corrected chi connectivity index (χ0v) is 9.59. The van der Waals surface area contributed by atoms with Crippen LogP contribution in [0.15, 0.2) is 29.3 Å². The second-order valence-corrected chi connectivity index (χ2v) is 4.35. The second-order valence-electron chi connectivity index (χ2n) is 3.91. The monoisotopic (exact) mass is 222 g/mol. The number of aliphatic imine (C=N–C) groups is 1. The average Bonchev–Trinajstić information content (AvgIpc) is 2.71. The van der Waals surface area contributed by atoms with Gasteiger partial charge in [-0.3, -0.25) is 4.99 Å². The van der Waals surface area contributed by atoms with Gasteiger partial charge in [-0.15, -0.1) is 0 Å². The summed E-state index contributed by atoms with van der Waals surface area (Å²) in [7, 11) is 0. The largest absolute Gasteiger partial charge is 0.372 e. The first-order chi connectivity index (χ1) is 7.25. The lowest BCUT2D eigenvalue weighted by Gasteiger charge is -2.12. The summed E-state index contributed by atoms with van der Waals surface area (Å²) < 4.78 is 0. The molecule has 2 rings (SSSR count). The van der Waals surface area contributed by atoms with Crippen LogP contribution in [0.4, 0.5) is 0 Å². The molecule has 0 bridgehead atoms. The molecule has 1 aromatic rings. The fraction of sp³-hybridized carbons (Fsp3) is 0.417. The number of benzene rings is 1. The van der Waals surface area contributed by atoms with Crippen LogP contribution in [-0.4, -0.2) is 18.9 Å². The number of hydrogen-bond donors (Lipinski definition) is 1. The molecule has 1 unspecified atom stereocenters. The van der Waals surface area contributed by atoms with Crippen molar-refractivity contribution in [1.82, 2.24) is 5.32 Å². The highest BCUT2D eigenvalue weighted by Crippen LogP contribution is 2.21. The minimum absolute atomic E-state index is 0.492. The van der Waals surface area contributed by atoms with Crippen LogP contribution in [0.3, 0.4) is 0 Å². The molecule has 1 atom stereocenters. The van der Waals surface area contributed by atoms with E-state index in [1.807, 2.05) is 12.1 Å². The van der Waals surface area contributed by atoms with Gasteiger partial charge in [0.1, 0.15) is 0 Å². The third-order valence-corrected chi connectivity index (χ3v) is 2.93. The van der Waals surface area contributed by atoms with E-state index in [-0.39, 0.29) is 0 Å². The number of hydrogen-bond acceptors (Lipinski definition) is 2. The van der Waals surface area contributed by atoms with Crippen molar-refractivity contribution in [2.45, 2.75) is 19.3 Å². The maximum Gasteiger partial charge on any atom is 0.0970 e. The van der Waals surface area contributed by atoms with Crippen molar-refractivity contribution in [2.24, 2.45) is 4.99 Å². The normalized spacial score (nSPS) is 17.1. The van der Waals surface area contributed by atoms with Crippen LogP contribution in [0, 0.1) is 0 Å². The van der Waals surface area contributed by atoms with Crippen molar-refractivity contribution in [3.63, 3.8) is 0 Å². The fourth-order valence-corrected chi connectivity index (χ4v) is 1.91. The summed E-state index contributed by atoms with van der Waals surface area (Å²) in [6.07, 6.45) is 0.988. The molecule has 0 saturated carbocycles. The standard InChI is InChI=1S/C12H15ClN2/c1-9(8-12-14-6-7-15-12)10-2-4-11(13)5-3-10/h2-5,9H,6-8H2,1H3,(H,14,15). The molecule has 1 heterocycles. The third-order valence-electron chi connectivity index (χ3n) is 2.68. The summed E-state index contributed by atoms with van der Waals surface area (Å²) in [5.74, 6) is 1.63. The lowest BCUT2D eigenvalue weighted by atomic mass is 9.97. The van der Waals surface area contributed by atoms with Crippen LogP contribution < -0.4 is 5.32 Å². The first-order valence-corrected chi connectivity index (χ1v) is 5.66. The molecular formula is C12H15ClN2. The molecule has 0 aliphatic carbocycles. The van der Waals surface area contributed by atoms with Gasteiger partial charge in [-0.25, -0.2) is 0 Å². The summed E-state index contributed by atoms with van der Waals surface area (Å²) >= 11 is 5.85. The van der Waals surface area contributed by atoms with E-state index in [0.717, 1.165) is 30.4 Å². The molecule has 1 aromatic carbocycles. The molecule has 1 N–H and O–H groups in total. The first-order valence-electron chi connectivity index (χ1n) is 5.28. The molecule has 0 saturated heterocycles. The van der Waals surface area contributed by atoms with E-state index in [0.29, 0.717) is 5.92 Å². The highest BCUT2D eigenvalue weighted by molar-refractivity contribution is 6.30. The van der Waals surface area contributed by atoms with E-state index >= 15 is 0 Å². The number of nitrogens with one attached hydrogen (secondary N) is 1. The number of rotatable bonds is 3. The molecule has 15 heavy (non-hydrogen) atoms. The molecule has 1 aliphatic heterocycles. The quantitative estimate of drug-likeness (QED) is 0.836. The summed E-state index contributed by atoms with van der Waals surface area (Å²) in [5.41, 5.74) is 1.32. The molecular weight excluding hydrogens is 208 g/mol. The predicted octanol–water partition coefficient (Wildman–Crippen LogP) is 2.84. The summed E-state index contributed by atoms with van der Waals surface area (Å²) in [6, 6.07) is 8.06. The van der Waals surface area contributed by atoms with E-state index in [2.05, 4.69) is 29.4 Å². The Morgan fingerprint density at radius 1 is 1.40 bits per heavy atom. The van der Waals surface area contributed by atoms with Crippen molar-refractivity contribution in [3.05, 3.63) is 34.9 Å².